The molecule has 8 nitrogen and oxygen atoms in total. The standard InChI is InChI=1S/C46H57F3N6O2Si/c1-33-26-39-38(20-22-42-40(39)28-51-55(42)43-18-11-12-25-56-43)44(41-21-19-34(27-50-41)52-35-29-53(30-35)24-13-23-47)54(33)31-46(48,49)32-57-58(45(2,3)4,36-14-7-5-8-15-36)37-16-9-6-10-17-37/h5-10,14-17,19-22,27-28,33,35,43-44,52H,11-13,18,23-26,29-32H2,1-4H3/t33-,43?,44?/m1/s1. The fraction of sp³-hybridized carbons (Fsp3) is 0.478. The van der Waals surface area contributed by atoms with Crippen LogP contribution in [0.5, 0.6) is 0 Å². The Kier molecular flexibility index (Phi) is 11.8. The van der Waals surface area contributed by atoms with Crippen molar-refractivity contribution in [2.24, 2.45) is 0 Å². The molecule has 2 aromatic heterocycles. The molecule has 12 heteroatoms. The third-order valence-electron chi connectivity index (χ3n) is 12.4. The first-order valence-electron chi connectivity index (χ1n) is 21.0. The minimum absolute atomic E-state index is 0.111. The monoisotopic (exact) mass is 810 g/mol. The zero-order valence-electron chi connectivity index (χ0n) is 34.2. The van der Waals surface area contributed by atoms with Crippen LogP contribution in [0.4, 0.5) is 18.9 Å². The van der Waals surface area contributed by atoms with Gasteiger partial charge in [-0.2, -0.15) is 5.10 Å². The average Bonchev–Trinajstić information content (AvgIpc) is 3.65. The summed E-state index contributed by atoms with van der Waals surface area (Å²) in [4.78, 5) is 9.14. The van der Waals surface area contributed by atoms with E-state index in [0.29, 0.717) is 25.1 Å². The van der Waals surface area contributed by atoms with Gasteiger partial charge in [-0.1, -0.05) is 87.5 Å². The van der Waals surface area contributed by atoms with Crippen molar-refractivity contribution in [3.63, 3.8) is 0 Å². The summed E-state index contributed by atoms with van der Waals surface area (Å²) < 4.78 is 61.6. The summed E-state index contributed by atoms with van der Waals surface area (Å²) in [7, 11) is -3.21. The van der Waals surface area contributed by atoms with Crippen molar-refractivity contribution in [1.82, 2.24) is 24.6 Å². The molecule has 0 saturated carbocycles. The Morgan fingerprint density at radius 3 is 2.26 bits per heavy atom. The van der Waals surface area contributed by atoms with Gasteiger partial charge in [0.15, 0.2) is 6.23 Å². The normalized spacial score (nSPS) is 21.2. The highest BCUT2D eigenvalue weighted by Crippen LogP contribution is 2.43. The molecule has 3 aliphatic heterocycles. The number of aromatic nitrogens is 3. The summed E-state index contributed by atoms with van der Waals surface area (Å²) in [6.45, 7) is 10.0. The van der Waals surface area contributed by atoms with Gasteiger partial charge < -0.3 is 14.5 Å². The second-order valence-electron chi connectivity index (χ2n) is 17.5. The summed E-state index contributed by atoms with van der Waals surface area (Å²) in [6, 6.07) is 27.6. The molecule has 308 valence electrons. The molecule has 0 spiro atoms. The van der Waals surface area contributed by atoms with E-state index in [1.807, 2.05) is 102 Å². The zero-order chi connectivity index (χ0) is 40.5. The molecule has 8 rings (SSSR count). The number of nitrogens with zero attached hydrogens (tertiary/aromatic N) is 5. The largest absolute Gasteiger partial charge is 0.401 e. The summed E-state index contributed by atoms with van der Waals surface area (Å²) >= 11 is 0. The fourth-order valence-corrected chi connectivity index (χ4v) is 14.1. The topological polar surface area (TPSA) is 67.7 Å². The van der Waals surface area contributed by atoms with Gasteiger partial charge in [0.2, 0.25) is 0 Å². The molecular weight excluding hydrogens is 754 g/mol. The van der Waals surface area contributed by atoms with Crippen LogP contribution in [0.3, 0.4) is 0 Å². The van der Waals surface area contributed by atoms with Crippen LogP contribution in [-0.4, -0.2) is 97.0 Å². The Bertz CT molecular complexity index is 2080. The van der Waals surface area contributed by atoms with Crippen LogP contribution in [0.15, 0.2) is 97.3 Å². The van der Waals surface area contributed by atoms with Gasteiger partial charge >= 0.3 is 0 Å². The van der Waals surface area contributed by atoms with E-state index in [2.05, 4.69) is 43.1 Å². The van der Waals surface area contributed by atoms with Crippen LogP contribution < -0.4 is 15.7 Å². The molecule has 58 heavy (non-hydrogen) atoms. The number of likely N-dealkylation sites (tertiary alicyclic amines) is 1. The maximum absolute atomic E-state index is 17.0. The number of ether oxygens (including phenoxy) is 1. The van der Waals surface area contributed by atoms with E-state index >= 15 is 8.78 Å². The van der Waals surface area contributed by atoms with E-state index in [4.69, 9.17) is 19.2 Å². The van der Waals surface area contributed by atoms with Gasteiger partial charge in [0.1, 0.15) is 0 Å². The van der Waals surface area contributed by atoms with Gasteiger partial charge in [-0.25, -0.2) is 13.5 Å². The van der Waals surface area contributed by atoms with Crippen LogP contribution in [0.2, 0.25) is 5.04 Å². The molecule has 0 radical (unpaired) electrons. The SMILES string of the molecule is C[C@@H]1Cc2c(ccc3c2cnn3C2CCCCO2)C(c2ccc(NC3CN(CCCF)C3)cn2)N1CC(F)(F)CO[Si](c1ccccc1)(c1ccccc1)C(C)(C)C. The molecule has 3 aromatic carbocycles. The van der Waals surface area contributed by atoms with E-state index in [1.165, 1.54) is 0 Å². The van der Waals surface area contributed by atoms with Crippen molar-refractivity contribution >= 4 is 35.3 Å². The lowest BCUT2D eigenvalue weighted by atomic mass is 9.84. The van der Waals surface area contributed by atoms with Crippen LogP contribution >= 0.6 is 0 Å². The summed E-state index contributed by atoms with van der Waals surface area (Å²) in [5.41, 5.74) is 4.68. The first kappa shape index (κ1) is 40.7. The number of hydrogen-bond acceptors (Lipinski definition) is 7. The molecule has 0 bridgehead atoms. The van der Waals surface area contributed by atoms with E-state index in [9.17, 15) is 4.39 Å². The number of fused-ring (bicyclic) bond motifs is 3. The second kappa shape index (κ2) is 16.9. The third-order valence-corrected chi connectivity index (χ3v) is 17.4. The van der Waals surface area contributed by atoms with E-state index < -0.39 is 38.5 Å². The molecule has 2 unspecified atom stereocenters. The van der Waals surface area contributed by atoms with Gasteiger partial charge in [0, 0.05) is 37.7 Å². The number of alkyl halides is 3. The number of anilines is 1. The Morgan fingerprint density at radius 1 is 0.914 bits per heavy atom. The Labute approximate surface area is 341 Å². The number of hydrogen-bond donors (Lipinski definition) is 1. The molecule has 3 atom stereocenters. The van der Waals surface area contributed by atoms with Gasteiger partial charge in [-0.05, 0) is 83.8 Å². The Balaban J connectivity index is 1.11. The molecular formula is C46H57F3N6O2Si. The average molecular weight is 811 g/mol. The van der Waals surface area contributed by atoms with Gasteiger partial charge in [0.25, 0.3) is 14.2 Å². The fourth-order valence-electron chi connectivity index (χ4n) is 9.55. The van der Waals surface area contributed by atoms with Crippen molar-refractivity contribution in [3.8, 4) is 0 Å². The van der Waals surface area contributed by atoms with E-state index in [1.54, 1.807) is 0 Å². The van der Waals surface area contributed by atoms with Gasteiger partial charge in [-0.3, -0.25) is 19.2 Å². The lowest BCUT2D eigenvalue weighted by molar-refractivity contribution is -0.0821. The molecule has 2 saturated heterocycles. The van der Waals surface area contributed by atoms with Crippen molar-refractivity contribution in [2.45, 2.75) is 95.1 Å². The predicted molar refractivity (Wildman–Crippen MR) is 227 cm³/mol. The summed E-state index contributed by atoms with van der Waals surface area (Å²) in [5, 5.41) is 10.9. The summed E-state index contributed by atoms with van der Waals surface area (Å²) in [6.07, 6.45) is 7.82. The van der Waals surface area contributed by atoms with Crippen LogP contribution in [0.1, 0.15) is 82.5 Å². The molecule has 2 fully saturated rings. The molecule has 3 aliphatic rings. The molecule has 5 aromatic rings. The predicted octanol–water partition coefficient (Wildman–Crippen LogP) is 8.13. The minimum Gasteiger partial charge on any atom is -0.401 e. The highest BCUT2D eigenvalue weighted by Gasteiger charge is 2.52. The Morgan fingerprint density at radius 2 is 1.64 bits per heavy atom. The number of halogens is 3. The molecule has 0 aliphatic carbocycles. The number of benzene rings is 3. The first-order valence-corrected chi connectivity index (χ1v) is 22.9. The van der Waals surface area contributed by atoms with Gasteiger partial charge in [-0.15, -0.1) is 0 Å². The summed E-state index contributed by atoms with van der Waals surface area (Å²) in [5.74, 6) is -3.19. The lowest BCUT2D eigenvalue weighted by Crippen LogP contribution is -2.67. The number of nitrogens with one attached hydrogen (secondary N) is 1. The van der Waals surface area contributed by atoms with Crippen LogP contribution in [0, 0.1) is 0 Å². The minimum atomic E-state index is -3.21. The van der Waals surface area contributed by atoms with Crippen molar-refractivity contribution < 1.29 is 22.3 Å². The third kappa shape index (κ3) is 8.10. The molecule has 0 amide bonds. The Hall–Kier alpha value is -4.07. The first-order chi connectivity index (χ1) is 28.0. The smallest absolute Gasteiger partial charge is 0.282 e. The quantitative estimate of drug-likeness (QED) is 0.114. The van der Waals surface area contributed by atoms with E-state index in [0.717, 1.165) is 77.0 Å². The van der Waals surface area contributed by atoms with Crippen molar-refractivity contribution in [2.75, 3.05) is 51.4 Å². The second-order valence-corrected chi connectivity index (χ2v) is 21.8. The van der Waals surface area contributed by atoms with Crippen molar-refractivity contribution in [1.29, 1.82) is 0 Å². The zero-order valence-corrected chi connectivity index (χ0v) is 35.2. The maximum atomic E-state index is 17.0. The highest BCUT2D eigenvalue weighted by atomic mass is 28.4. The maximum Gasteiger partial charge on any atom is 0.282 e. The number of pyridine rings is 1. The number of rotatable bonds is 14. The lowest BCUT2D eigenvalue weighted by Gasteiger charge is -2.45. The van der Waals surface area contributed by atoms with Crippen LogP contribution in [0.25, 0.3) is 10.9 Å². The van der Waals surface area contributed by atoms with Gasteiger partial charge in [0.05, 0.1) is 61.2 Å². The highest BCUT2D eigenvalue weighted by molar-refractivity contribution is 6.99. The van der Waals surface area contributed by atoms with Crippen LogP contribution in [-0.2, 0) is 15.6 Å². The van der Waals surface area contributed by atoms with E-state index in [-0.39, 0.29) is 25.0 Å². The molecule has 1 N–H and O–H groups in total. The van der Waals surface area contributed by atoms with Crippen molar-refractivity contribution in [3.05, 3.63) is 114 Å². The molecule has 5 heterocycles.